The molecule has 0 aromatic rings. The van der Waals surface area contributed by atoms with Gasteiger partial charge in [-0.2, -0.15) is 0 Å². The van der Waals surface area contributed by atoms with Crippen LogP contribution in [0.1, 0.15) is 19.8 Å². The number of rotatable bonds is 4. The Kier molecular flexibility index (Phi) is 5.01. The van der Waals surface area contributed by atoms with E-state index in [9.17, 15) is 0 Å². The fourth-order valence-electron chi connectivity index (χ4n) is 3.43. The molecule has 0 saturated carbocycles. The zero-order chi connectivity index (χ0) is 13.0. The summed E-state index contributed by atoms with van der Waals surface area (Å²) in [5.74, 6) is 0. The summed E-state index contributed by atoms with van der Waals surface area (Å²) in [6.07, 6.45) is 2.49. The first-order valence-corrected chi connectivity index (χ1v) is 7.30. The minimum Gasteiger partial charge on any atom is -0.381 e. The van der Waals surface area contributed by atoms with E-state index >= 15 is 0 Å². The average Bonchev–Trinajstić information content (AvgIpc) is 2.70. The van der Waals surface area contributed by atoms with Gasteiger partial charge in [-0.05, 0) is 47.0 Å². The third-order valence-electron chi connectivity index (χ3n) is 4.46. The van der Waals surface area contributed by atoms with Crippen LogP contribution in [0.4, 0.5) is 0 Å². The maximum atomic E-state index is 5.67. The standard InChI is InChI=1S/C14H29N3O/c1-13-9-16(3)6-4-7-17(13)11-14(10-15-2)5-8-18-12-14/h13,15H,4-12H2,1-3H3. The monoisotopic (exact) mass is 255 g/mol. The van der Waals surface area contributed by atoms with Crippen molar-refractivity contribution in [2.75, 3.05) is 60.0 Å². The lowest BCUT2D eigenvalue weighted by molar-refractivity contribution is 0.0909. The molecule has 18 heavy (non-hydrogen) atoms. The maximum absolute atomic E-state index is 5.67. The van der Waals surface area contributed by atoms with Gasteiger partial charge in [0.25, 0.3) is 0 Å². The summed E-state index contributed by atoms with van der Waals surface area (Å²) < 4.78 is 5.67. The van der Waals surface area contributed by atoms with Crippen LogP contribution in [0.15, 0.2) is 0 Å². The molecule has 0 aromatic heterocycles. The number of hydrogen-bond donors (Lipinski definition) is 1. The van der Waals surface area contributed by atoms with Crippen molar-refractivity contribution in [1.29, 1.82) is 0 Å². The van der Waals surface area contributed by atoms with Gasteiger partial charge in [0, 0.05) is 37.7 Å². The highest BCUT2D eigenvalue weighted by Crippen LogP contribution is 2.30. The van der Waals surface area contributed by atoms with Crippen molar-refractivity contribution in [1.82, 2.24) is 15.1 Å². The van der Waals surface area contributed by atoms with Crippen LogP contribution in [0.25, 0.3) is 0 Å². The summed E-state index contributed by atoms with van der Waals surface area (Å²) in [4.78, 5) is 5.13. The third kappa shape index (κ3) is 3.44. The van der Waals surface area contributed by atoms with Crippen molar-refractivity contribution in [3.63, 3.8) is 0 Å². The molecule has 2 fully saturated rings. The zero-order valence-electron chi connectivity index (χ0n) is 12.2. The molecule has 0 radical (unpaired) electrons. The highest BCUT2D eigenvalue weighted by molar-refractivity contribution is 4.90. The smallest absolute Gasteiger partial charge is 0.0547 e. The zero-order valence-corrected chi connectivity index (χ0v) is 12.2. The molecule has 4 nitrogen and oxygen atoms in total. The van der Waals surface area contributed by atoms with Gasteiger partial charge in [0.15, 0.2) is 0 Å². The quantitative estimate of drug-likeness (QED) is 0.798. The average molecular weight is 255 g/mol. The van der Waals surface area contributed by atoms with Gasteiger partial charge >= 0.3 is 0 Å². The number of hydrogen-bond acceptors (Lipinski definition) is 4. The van der Waals surface area contributed by atoms with Crippen LogP contribution >= 0.6 is 0 Å². The first-order valence-electron chi connectivity index (χ1n) is 7.30. The molecule has 2 saturated heterocycles. The molecule has 2 aliphatic rings. The first kappa shape index (κ1) is 14.3. The molecular weight excluding hydrogens is 226 g/mol. The van der Waals surface area contributed by atoms with E-state index in [2.05, 4.69) is 36.1 Å². The van der Waals surface area contributed by atoms with Crippen LogP contribution in [-0.2, 0) is 4.74 Å². The van der Waals surface area contributed by atoms with Gasteiger partial charge in [0.05, 0.1) is 6.61 Å². The third-order valence-corrected chi connectivity index (χ3v) is 4.46. The van der Waals surface area contributed by atoms with Gasteiger partial charge in [-0.3, -0.25) is 4.90 Å². The summed E-state index contributed by atoms with van der Waals surface area (Å²) in [6.45, 7) is 10.1. The van der Waals surface area contributed by atoms with E-state index in [-0.39, 0.29) is 0 Å². The normalized spacial score (nSPS) is 35.8. The minimum absolute atomic E-state index is 0.339. The fourth-order valence-corrected chi connectivity index (χ4v) is 3.43. The van der Waals surface area contributed by atoms with Crippen molar-refractivity contribution in [3.8, 4) is 0 Å². The Labute approximate surface area is 112 Å². The van der Waals surface area contributed by atoms with Crippen LogP contribution in [0, 0.1) is 5.41 Å². The summed E-state index contributed by atoms with van der Waals surface area (Å²) >= 11 is 0. The molecule has 2 rings (SSSR count). The Morgan fingerprint density at radius 3 is 2.89 bits per heavy atom. The lowest BCUT2D eigenvalue weighted by atomic mass is 9.86. The second-order valence-corrected chi connectivity index (χ2v) is 6.27. The highest BCUT2D eigenvalue weighted by atomic mass is 16.5. The molecule has 2 heterocycles. The Hall–Kier alpha value is -0.160. The summed E-state index contributed by atoms with van der Waals surface area (Å²) in [5, 5.41) is 3.36. The highest BCUT2D eigenvalue weighted by Gasteiger charge is 2.37. The number of nitrogens with one attached hydrogen (secondary N) is 1. The van der Waals surface area contributed by atoms with Gasteiger partial charge < -0.3 is 15.0 Å². The van der Waals surface area contributed by atoms with Gasteiger partial charge in [0.1, 0.15) is 0 Å². The van der Waals surface area contributed by atoms with Crippen molar-refractivity contribution in [2.24, 2.45) is 5.41 Å². The number of ether oxygens (including phenoxy) is 1. The van der Waals surface area contributed by atoms with Gasteiger partial charge in [0.2, 0.25) is 0 Å². The number of likely N-dealkylation sites (N-methyl/N-ethyl adjacent to an activating group) is 1. The Bertz CT molecular complexity index is 253. The van der Waals surface area contributed by atoms with Crippen LogP contribution in [-0.4, -0.2) is 75.9 Å². The molecule has 4 heteroatoms. The van der Waals surface area contributed by atoms with E-state index in [1.54, 1.807) is 0 Å². The summed E-state index contributed by atoms with van der Waals surface area (Å²) in [5.41, 5.74) is 0.339. The second-order valence-electron chi connectivity index (χ2n) is 6.27. The topological polar surface area (TPSA) is 27.7 Å². The molecule has 2 atom stereocenters. The molecule has 0 aromatic carbocycles. The number of nitrogens with zero attached hydrogens (tertiary/aromatic N) is 2. The van der Waals surface area contributed by atoms with E-state index in [1.165, 1.54) is 39.0 Å². The molecule has 0 aliphatic carbocycles. The Morgan fingerprint density at radius 2 is 2.22 bits per heavy atom. The molecule has 106 valence electrons. The van der Waals surface area contributed by atoms with Crippen LogP contribution in [0.2, 0.25) is 0 Å². The minimum atomic E-state index is 0.339. The first-order chi connectivity index (χ1) is 8.65. The Morgan fingerprint density at radius 1 is 1.39 bits per heavy atom. The maximum Gasteiger partial charge on any atom is 0.0547 e. The van der Waals surface area contributed by atoms with Gasteiger partial charge in [-0.15, -0.1) is 0 Å². The molecule has 0 amide bonds. The molecular formula is C14H29N3O. The van der Waals surface area contributed by atoms with Crippen molar-refractivity contribution in [2.45, 2.75) is 25.8 Å². The van der Waals surface area contributed by atoms with E-state index < -0.39 is 0 Å². The molecule has 2 unspecified atom stereocenters. The molecule has 0 bridgehead atoms. The lowest BCUT2D eigenvalue weighted by Gasteiger charge is -2.37. The van der Waals surface area contributed by atoms with Crippen LogP contribution in [0.5, 0.6) is 0 Å². The predicted molar refractivity (Wildman–Crippen MR) is 74.9 cm³/mol. The fraction of sp³-hybridized carbons (Fsp3) is 1.00. The van der Waals surface area contributed by atoms with Crippen LogP contribution < -0.4 is 5.32 Å². The van der Waals surface area contributed by atoms with E-state index in [1.807, 2.05) is 0 Å². The molecule has 1 N–H and O–H groups in total. The van der Waals surface area contributed by atoms with Crippen molar-refractivity contribution < 1.29 is 4.74 Å². The second kappa shape index (κ2) is 6.33. The predicted octanol–water partition coefficient (Wildman–Crippen LogP) is 0.639. The van der Waals surface area contributed by atoms with E-state index in [0.717, 1.165) is 19.8 Å². The van der Waals surface area contributed by atoms with Crippen LogP contribution in [0.3, 0.4) is 0 Å². The summed E-state index contributed by atoms with van der Waals surface area (Å²) in [6, 6.07) is 0.659. The molecule has 0 spiro atoms. The summed E-state index contributed by atoms with van der Waals surface area (Å²) in [7, 11) is 4.29. The SMILES string of the molecule is CNCC1(CN2CCCN(C)CC2C)CCOC1. The van der Waals surface area contributed by atoms with E-state index in [4.69, 9.17) is 4.74 Å². The van der Waals surface area contributed by atoms with Gasteiger partial charge in [-0.25, -0.2) is 0 Å². The van der Waals surface area contributed by atoms with Crippen molar-refractivity contribution in [3.05, 3.63) is 0 Å². The van der Waals surface area contributed by atoms with E-state index in [0.29, 0.717) is 11.5 Å². The molecule has 2 aliphatic heterocycles. The largest absolute Gasteiger partial charge is 0.381 e. The Balaban J connectivity index is 1.97. The van der Waals surface area contributed by atoms with Gasteiger partial charge in [-0.1, -0.05) is 0 Å². The van der Waals surface area contributed by atoms with Crippen molar-refractivity contribution >= 4 is 0 Å². The lowest BCUT2D eigenvalue weighted by Crippen LogP contribution is -2.48.